The fraction of sp³-hybridized carbons (Fsp3) is 0.200. The number of nitrogens with zero attached hydrogens (tertiary/aromatic N) is 2. The van der Waals surface area contributed by atoms with Gasteiger partial charge < -0.3 is 30.6 Å². The highest BCUT2D eigenvalue weighted by molar-refractivity contribution is 6.33. The predicted molar refractivity (Wildman–Crippen MR) is 115 cm³/mol. The number of nitrogens with one attached hydrogen (secondary N) is 2. The van der Waals surface area contributed by atoms with Gasteiger partial charge in [-0.05, 0) is 48.5 Å². The quantitative estimate of drug-likeness (QED) is 0.172. The van der Waals surface area contributed by atoms with Crippen molar-refractivity contribution in [3.05, 3.63) is 59.7 Å². The first-order valence-corrected chi connectivity index (χ1v) is 9.17. The summed E-state index contributed by atoms with van der Waals surface area (Å²) in [5.41, 5.74) is 5.85. The second-order valence-corrected chi connectivity index (χ2v) is 6.47. The molecule has 0 aliphatic heterocycles. The van der Waals surface area contributed by atoms with Crippen LogP contribution in [0.2, 0.25) is 0 Å². The Morgan fingerprint density at radius 2 is 1.31 bits per heavy atom. The van der Waals surface area contributed by atoms with E-state index in [1.54, 1.807) is 0 Å². The van der Waals surface area contributed by atoms with Crippen molar-refractivity contribution in [1.82, 2.24) is 0 Å². The molecule has 0 spiro atoms. The normalized spacial score (nSPS) is 14.6. The average molecular weight is 446 g/mol. The molecule has 0 unspecified atom stereocenters. The maximum Gasteiger partial charge on any atom is 0.335 e. The first kappa shape index (κ1) is 24.4. The SMILES string of the molecule is O=C(O)c1ccc(N/N=C(/C=N/Nc2ccc(C(=O)O)cc2)[C@@H](O)[C@H](O)[C@H](O)CO)cc1. The Bertz CT molecular complexity index is 976. The molecule has 0 radical (unpaired) electrons. The molecule has 12 nitrogen and oxygen atoms in total. The molecule has 8 N–H and O–H groups in total. The zero-order chi connectivity index (χ0) is 23.7. The van der Waals surface area contributed by atoms with Crippen LogP contribution in [0.25, 0.3) is 0 Å². The molecule has 0 aliphatic carbocycles. The van der Waals surface area contributed by atoms with Gasteiger partial charge in [0.15, 0.2) is 0 Å². The lowest BCUT2D eigenvalue weighted by atomic mass is 10.0. The van der Waals surface area contributed by atoms with Crippen molar-refractivity contribution in [2.75, 3.05) is 17.5 Å². The lowest BCUT2D eigenvalue weighted by Crippen LogP contribution is -2.44. The Labute approximate surface area is 181 Å². The van der Waals surface area contributed by atoms with Crippen LogP contribution >= 0.6 is 0 Å². The molecule has 0 bridgehead atoms. The number of benzene rings is 2. The smallest absolute Gasteiger partial charge is 0.335 e. The van der Waals surface area contributed by atoms with E-state index in [0.717, 1.165) is 6.21 Å². The first-order chi connectivity index (χ1) is 15.2. The van der Waals surface area contributed by atoms with Crippen LogP contribution < -0.4 is 10.9 Å². The standard InChI is InChI=1S/C20H22N4O8/c25-10-16(26)18(28)17(27)15(24-23-14-7-3-12(4-8-14)20(31)32)9-21-22-13-5-1-11(2-6-13)19(29)30/h1-9,16-18,22-23,25-28H,10H2,(H,29,30)(H,31,32)/b21-9+,24-15-/t16-,17-,18-/m1/s1. The molecular formula is C20H22N4O8. The second kappa shape index (κ2) is 11.5. The number of carboxylic acids is 2. The van der Waals surface area contributed by atoms with Gasteiger partial charge in [0.25, 0.3) is 0 Å². The van der Waals surface area contributed by atoms with Crippen LogP contribution in [0.1, 0.15) is 20.7 Å². The summed E-state index contributed by atoms with van der Waals surface area (Å²) in [7, 11) is 0. The summed E-state index contributed by atoms with van der Waals surface area (Å²) in [4.78, 5) is 21.8. The third-order valence-corrected chi connectivity index (χ3v) is 4.18. The third-order valence-electron chi connectivity index (χ3n) is 4.18. The number of aliphatic hydroxyl groups is 4. The summed E-state index contributed by atoms with van der Waals surface area (Å²) < 4.78 is 0. The maximum absolute atomic E-state index is 10.9. The predicted octanol–water partition coefficient (Wildman–Crippen LogP) is 0.0238. The van der Waals surface area contributed by atoms with E-state index in [1.807, 2.05) is 0 Å². The van der Waals surface area contributed by atoms with Gasteiger partial charge >= 0.3 is 11.9 Å². The van der Waals surface area contributed by atoms with E-state index in [0.29, 0.717) is 11.4 Å². The number of hydrogen-bond donors (Lipinski definition) is 8. The van der Waals surface area contributed by atoms with Crippen molar-refractivity contribution in [2.45, 2.75) is 18.3 Å². The number of aliphatic hydroxyl groups excluding tert-OH is 4. The number of carboxylic acid groups (broad SMARTS) is 2. The Balaban J connectivity index is 2.18. The molecule has 0 saturated heterocycles. The minimum absolute atomic E-state index is 0.0564. The number of rotatable bonds is 11. The first-order valence-electron chi connectivity index (χ1n) is 9.17. The molecule has 0 aliphatic rings. The topological polar surface area (TPSA) is 204 Å². The van der Waals surface area contributed by atoms with Crippen LogP contribution in [-0.2, 0) is 0 Å². The molecule has 0 saturated carbocycles. The van der Waals surface area contributed by atoms with E-state index < -0.39 is 36.9 Å². The number of aromatic carboxylic acids is 2. The van der Waals surface area contributed by atoms with Crippen molar-refractivity contribution in [2.24, 2.45) is 10.2 Å². The van der Waals surface area contributed by atoms with Crippen molar-refractivity contribution in [1.29, 1.82) is 0 Å². The summed E-state index contributed by atoms with van der Waals surface area (Å²) >= 11 is 0. The molecule has 0 heterocycles. The van der Waals surface area contributed by atoms with Gasteiger partial charge in [-0.2, -0.15) is 10.2 Å². The fourth-order valence-electron chi connectivity index (χ4n) is 2.34. The molecule has 0 aromatic heterocycles. The molecule has 2 rings (SSSR count). The summed E-state index contributed by atoms with van der Waals surface area (Å²) in [5.74, 6) is -2.19. The maximum atomic E-state index is 10.9. The number of carbonyl (C=O) groups is 2. The highest BCUT2D eigenvalue weighted by atomic mass is 16.4. The van der Waals surface area contributed by atoms with Gasteiger partial charge in [0, 0.05) is 0 Å². The molecule has 3 atom stereocenters. The Morgan fingerprint density at radius 3 is 1.75 bits per heavy atom. The number of anilines is 2. The molecule has 2 aromatic rings. The van der Waals surface area contributed by atoms with Gasteiger partial charge in [0.1, 0.15) is 24.0 Å². The molecule has 2 aromatic carbocycles. The van der Waals surface area contributed by atoms with Crippen LogP contribution in [0.5, 0.6) is 0 Å². The van der Waals surface area contributed by atoms with E-state index in [-0.39, 0.29) is 16.8 Å². The van der Waals surface area contributed by atoms with Gasteiger partial charge in [-0.15, -0.1) is 0 Å². The Kier molecular flexibility index (Phi) is 8.80. The Morgan fingerprint density at radius 1 is 0.844 bits per heavy atom. The van der Waals surface area contributed by atoms with Gasteiger partial charge in [-0.3, -0.25) is 10.9 Å². The van der Waals surface area contributed by atoms with Crippen LogP contribution in [0.3, 0.4) is 0 Å². The zero-order valence-corrected chi connectivity index (χ0v) is 16.5. The lowest BCUT2D eigenvalue weighted by molar-refractivity contribution is -0.0548. The average Bonchev–Trinajstić information content (AvgIpc) is 2.80. The van der Waals surface area contributed by atoms with Gasteiger partial charge in [0.2, 0.25) is 0 Å². The van der Waals surface area contributed by atoms with E-state index >= 15 is 0 Å². The van der Waals surface area contributed by atoms with Crippen molar-refractivity contribution < 1.29 is 40.2 Å². The van der Waals surface area contributed by atoms with Gasteiger partial charge in [0.05, 0.1) is 35.3 Å². The number of hydrazone groups is 2. The van der Waals surface area contributed by atoms with Gasteiger partial charge in [-0.1, -0.05) is 0 Å². The molecule has 0 amide bonds. The van der Waals surface area contributed by atoms with E-state index in [4.69, 9.17) is 15.3 Å². The molecule has 170 valence electrons. The molecular weight excluding hydrogens is 424 g/mol. The summed E-state index contributed by atoms with van der Waals surface area (Å²) in [6, 6.07) is 11.1. The summed E-state index contributed by atoms with van der Waals surface area (Å²) in [6.07, 6.45) is -4.13. The summed E-state index contributed by atoms with van der Waals surface area (Å²) in [5, 5.41) is 64.5. The Hall–Kier alpha value is -3.84. The van der Waals surface area contributed by atoms with Gasteiger partial charge in [-0.25, -0.2) is 9.59 Å². The largest absolute Gasteiger partial charge is 0.478 e. The summed E-state index contributed by atoms with van der Waals surface area (Å²) in [6.45, 7) is -0.805. The number of hydrogen-bond acceptors (Lipinski definition) is 10. The zero-order valence-electron chi connectivity index (χ0n) is 16.5. The van der Waals surface area contributed by atoms with Crippen molar-refractivity contribution in [3.8, 4) is 0 Å². The monoisotopic (exact) mass is 446 g/mol. The minimum atomic E-state index is -1.78. The van der Waals surface area contributed by atoms with Crippen molar-refractivity contribution >= 4 is 35.2 Å². The van der Waals surface area contributed by atoms with Crippen LogP contribution in [0, 0.1) is 0 Å². The molecule has 12 heteroatoms. The van der Waals surface area contributed by atoms with E-state index in [2.05, 4.69) is 21.1 Å². The third kappa shape index (κ3) is 6.85. The second-order valence-electron chi connectivity index (χ2n) is 6.47. The molecule has 32 heavy (non-hydrogen) atoms. The highest BCUT2D eigenvalue weighted by Gasteiger charge is 2.28. The van der Waals surface area contributed by atoms with E-state index in [9.17, 15) is 24.9 Å². The van der Waals surface area contributed by atoms with E-state index in [1.165, 1.54) is 48.5 Å². The van der Waals surface area contributed by atoms with Crippen LogP contribution in [-0.4, -0.2) is 79.4 Å². The van der Waals surface area contributed by atoms with Crippen LogP contribution in [0.15, 0.2) is 58.7 Å². The lowest BCUT2D eigenvalue weighted by Gasteiger charge is -2.21. The molecule has 0 fully saturated rings. The minimum Gasteiger partial charge on any atom is -0.478 e. The highest BCUT2D eigenvalue weighted by Crippen LogP contribution is 2.11. The van der Waals surface area contributed by atoms with Crippen molar-refractivity contribution in [3.63, 3.8) is 0 Å². The fourth-order valence-corrected chi connectivity index (χ4v) is 2.34. The van der Waals surface area contributed by atoms with Crippen LogP contribution in [0.4, 0.5) is 11.4 Å².